The van der Waals surface area contributed by atoms with Crippen LogP contribution < -0.4 is 29.6 Å². The molecule has 0 bridgehead atoms. The summed E-state index contributed by atoms with van der Waals surface area (Å²) < 4.78 is 0. The van der Waals surface area contributed by atoms with Gasteiger partial charge in [-0.3, -0.25) is 0 Å². The Bertz CT molecular complexity index is 8.04. The van der Waals surface area contributed by atoms with Crippen molar-refractivity contribution in [1.29, 1.82) is 0 Å². The van der Waals surface area contributed by atoms with Gasteiger partial charge in [0.05, 0.1) is 0 Å². The van der Waals surface area contributed by atoms with E-state index in [0.717, 1.165) is 0 Å². The van der Waals surface area contributed by atoms with E-state index in [1.54, 1.807) is 0 Å². The summed E-state index contributed by atoms with van der Waals surface area (Å²) in [5, 5.41) is 0. The van der Waals surface area contributed by atoms with Crippen LogP contribution in [0.3, 0.4) is 0 Å². The van der Waals surface area contributed by atoms with E-state index in [2.05, 4.69) is 0 Å². The fourth-order valence-corrected chi connectivity index (χ4v) is 0. The Labute approximate surface area is 65.5 Å². The molecule has 5 nitrogen and oxygen atoms in total. The molecule has 0 aliphatic heterocycles. The van der Waals surface area contributed by atoms with Crippen molar-refractivity contribution < 1.29 is 56.9 Å². The van der Waals surface area contributed by atoms with E-state index < -0.39 is 0 Å². The predicted octanol–water partition coefficient (Wildman–Crippen LogP) is -7.50. The third-order valence-corrected chi connectivity index (χ3v) is 0. The van der Waals surface area contributed by atoms with Gasteiger partial charge in [0.25, 0.3) is 0 Å². The van der Waals surface area contributed by atoms with Crippen molar-refractivity contribution in [3.8, 4) is 0 Å². The first kappa shape index (κ1) is 495. The molecule has 4 radical (unpaired) electrons. The normalized spacial score (nSPS) is 0. The monoisotopic (exact) mass is 124 g/mol. The second-order valence-corrected chi connectivity index (χ2v) is 0. The molecule has 0 unspecified atom stereocenters. The third-order valence-electron chi connectivity index (χ3n) is 0. The first-order valence-corrected chi connectivity index (χ1v) is 0. The summed E-state index contributed by atoms with van der Waals surface area (Å²) in [6.07, 6.45) is 0. The summed E-state index contributed by atoms with van der Waals surface area (Å²) in [4.78, 5) is 0. The van der Waals surface area contributed by atoms with Crippen LogP contribution in [0.5, 0.6) is 0 Å². The van der Waals surface area contributed by atoms with Crippen molar-refractivity contribution >= 4 is 8.41 Å². The minimum absolute atomic E-state index is 0. The van der Waals surface area contributed by atoms with E-state index >= 15 is 0 Å². The van der Waals surface area contributed by atoms with Crippen molar-refractivity contribution in [3.63, 3.8) is 0 Å². The molecule has 0 spiro atoms. The van der Waals surface area contributed by atoms with Gasteiger partial charge in [-0.15, -0.1) is 0 Å². The number of rotatable bonds is 0. The van der Waals surface area contributed by atoms with Gasteiger partial charge in [-0.25, -0.2) is 0 Å². The summed E-state index contributed by atoms with van der Waals surface area (Å²) in [7, 11) is 0. The van der Waals surface area contributed by atoms with Crippen molar-refractivity contribution in [2.24, 2.45) is 0 Å². The van der Waals surface area contributed by atoms with Gasteiger partial charge in [0.1, 0.15) is 0 Å². The first-order chi connectivity index (χ1) is 0. The van der Waals surface area contributed by atoms with Gasteiger partial charge in [0.15, 0.2) is 0 Å². The second kappa shape index (κ2) is 316. The summed E-state index contributed by atoms with van der Waals surface area (Å²) in [5.41, 5.74) is 0. The van der Waals surface area contributed by atoms with Gasteiger partial charge >= 0.3 is 29.6 Å². The maximum Gasteiger partial charge on any atom is 1.00 e. The molecule has 7 heteroatoms. The van der Waals surface area contributed by atoms with Crippen LogP contribution in [-0.2, 0) is 0 Å². The Morgan fingerprint density at radius 2 is 0.429 bits per heavy atom. The number of hydrogen-bond acceptors (Lipinski definition) is 0. The fourth-order valence-electron chi connectivity index (χ4n) is 0. The minimum Gasteiger partial charge on any atom is -1.00 e. The Kier molecular flexibility index (Phi) is 22300. The summed E-state index contributed by atoms with van der Waals surface area (Å²) in [6.45, 7) is 0. The molecule has 0 saturated heterocycles. The Morgan fingerprint density at radius 3 is 0.429 bits per heavy atom. The van der Waals surface area contributed by atoms with E-state index in [4.69, 9.17) is 0 Å². The Morgan fingerprint density at radius 1 is 0.429 bits per heavy atom. The van der Waals surface area contributed by atoms with E-state index in [-0.39, 0.29) is 65.4 Å². The summed E-state index contributed by atoms with van der Waals surface area (Å²) in [5.74, 6) is 0. The summed E-state index contributed by atoms with van der Waals surface area (Å²) in [6, 6.07) is 0. The Balaban J connectivity index is 0. The van der Waals surface area contributed by atoms with Gasteiger partial charge in [-0.05, 0) is 0 Å². The first-order valence-electron chi connectivity index (χ1n) is 0. The van der Waals surface area contributed by atoms with Crippen LogP contribution in [-0.4, -0.2) is 35.8 Å². The largest absolute Gasteiger partial charge is 1.00 e. The standard InChI is InChI=1S/B.Na.5H2O/h;;5*1H2/q-1;+1;;;;;. The third kappa shape index (κ3) is 217. The average molecular weight is 124 g/mol. The predicted molar refractivity (Wildman–Crippen MR) is 23.8 cm³/mol. The molecule has 0 fully saturated rings. The van der Waals surface area contributed by atoms with Gasteiger partial charge in [0, 0.05) is 0 Å². The maximum absolute atomic E-state index is 0. The topological polar surface area (TPSA) is 158 Å². The molecule has 0 aromatic heterocycles. The molecule has 10 N–H and O–H groups in total. The van der Waals surface area contributed by atoms with Crippen LogP contribution >= 0.6 is 0 Å². The zero-order valence-corrected chi connectivity index (χ0v) is 6.08. The molecule has 0 aliphatic carbocycles. The SMILES string of the molecule is O.O.O.O.O.[B-].[Na+]. The van der Waals surface area contributed by atoms with Crippen LogP contribution in [0.25, 0.3) is 0 Å². The van der Waals surface area contributed by atoms with E-state index in [9.17, 15) is 0 Å². The fraction of sp³-hybridized carbons (Fsp3) is 0. The molecule has 0 aromatic carbocycles. The van der Waals surface area contributed by atoms with E-state index in [0.29, 0.717) is 0 Å². The molecule has 0 heterocycles. The molecule has 0 atom stereocenters. The molecule has 0 saturated carbocycles. The van der Waals surface area contributed by atoms with Crippen LogP contribution in [0.15, 0.2) is 0 Å². The average Bonchev–Trinajstić information content (AvgIpc) is 0. The quantitative estimate of drug-likeness (QED) is 0.281. The minimum atomic E-state index is 0. The van der Waals surface area contributed by atoms with Crippen LogP contribution in [0, 0.1) is 0 Å². The van der Waals surface area contributed by atoms with Crippen LogP contribution in [0.2, 0.25) is 0 Å². The molecule has 0 aliphatic rings. The molecular formula is H10BNaO5. The molecular weight excluding hydrogens is 114 g/mol. The zero-order valence-electron chi connectivity index (χ0n) is 4.08. The molecule has 0 amide bonds. The van der Waals surface area contributed by atoms with Crippen molar-refractivity contribution in [1.82, 2.24) is 0 Å². The molecule has 44 valence electrons. The second-order valence-electron chi connectivity index (χ2n) is 0. The van der Waals surface area contributed by atoms with Gasteiger partial charge in [-0.1, -0.05) is 0 Å². The Hall–Kier alpha value is 0.865. The van der Waals surface area contributed by atoms with E-state index in [1.807, 2.05) is 0 Å². The van der Waals surface area contributed by atoms with Crippen LogP contribution in [0.1, 0.15) is 0 Å². The van der Waals surface area contributed by atoms with Crippen molar-refractivity contribution in [2.45, 2.75) is 0 Å². The van der Waals surface area contributed by atoms with Crippen molar-refractivity contribution in [2.75, 3.05) is 0 Å². The smallest absolute Gasteiger partial charge is 1.00 e. The van der Waals surface area contributed by atoms with Gasteiger partial charge in [0.2, 0.25) is 0 Å². The molecule has 0 rings (SSSR count). The number of hydrogen-bond donors (Lipinski definition) is 0. The van der Waals surface area contributed by atoms with Gasteiger partial charge in [-0.2, -0.15) is 0 Å². The van der Waals surface area contributed by atoms with E-state index in [1.165, 1.54) is 0 Å². The molecule has 7 heavy (non-hydrogen) atoms. The van der Waals surface area contributed by atoms with Crippen LogP contribution in [0.4, 0.5) is 0 Å². The molecule has 0 aromatic rings. The zero-order chi connectivity index (χ0) is 0. The van der Waals surface area contributed by atoms with Crippen molar-refractivity contribution in [3.05, 3.63) is 0 Å². The maximum atomic E-state index is 0. The summed E-state index contributed by atoms with van der Waals surface area (Å²) >= 11 is 0. The van der Waals surface area contributed by atoms with Gasteiger partial charge < -0.3 is 35.8 Å².